The zero-order valence-corrected chi connectivity index (χ0v) is 16.3. The van der Waals surface area contributed by atoms with Gasteiger partial charge in [0.2, 0.25) is 0 Å². The van der Waals surface area contributed by atoms with E-state index in [9.17, 15) is 4.79 Å². The van der Waals surface area contributed by atoms with E-state index in [4.69, 9.17) is 4.74 Å². The van der Waals surface area contributed by atoms with Crippen LogP contribution in [0.1, 0.15) is 110 Å². The fourth-order valence-corrected chi connectivity index (χ4v) is 2.87. The van der Waals surface area contributed by atoms with Crippen LogP contribution in [0, 0.1) is 6.92 Å². The minimum absolute atomic E-state index is 0.256. The number of hydrogen-bond donors (Lipinski definition) is 0. The van der Waals surface area contributed by atoms with Crippen LogP contribution in [0.3, 0.4) is 0 Å². The van der Waals surface area contributed by atoms with E-state index in [1.165, 1.54) is 83.5 Å². The van der Waals surface area contributed by atoms with Gasteiger partial charge >= 0.3 is 5.97 Å². The third kappa shape index (κ3) is 17.6. The smallest absolute Gasteiger partial charge is 0.333 e. The summed E-state index contributed by atoms with van der Waals surface area (Å²) in [5, 5.41) is 0. The molecule has 0 spiro atoms. The lowest BCUT2D eigenvalue weighted by atomic mass is 10.0. The fourth-order valence-electron chi connectivity index (χ4n) is 2.87. The van der Waals surface area contributed by atoms with Gasteiger partial charge in [0.1, 0.15) is 0 Å². The van der Waals surface area contributed by atoms with Gasteiger partial charge in [-0.3, -0.25) is 0 Å². The van der Waals surface area contributed by atoms with Crippen molar-refractivity contribution < 1.29 is 9.53 Å². The van der Waals surface area contributed by atoms with Crippen LogP contribution in [0.5, 0.6) is 0 Å². The molecule has 0 unspecified atom stereocenters. The third-order valence-corrected chi connectivity index (χ3v) is 4.48. The van der Waals surface area contributed by atoms with Crippen molar-refractivity contribution in [2.45, 2.75) is 110 Å². The van der Waals surface area contributed by atoms with Crippen molar-refractivity contribution >= 4 is 5.97 Å². The maximum absolute atomic E-state index is 11.2. The summed E-state index contributed by atoms with van der Waals surface area (Å²) in [6.07, 6.45) is 21.2. The average molecular weight is 338 g/mol. The maximum Gasteiger partial charge on any atom is 0.333 e. The van der Waals surface area contributed by atoms with Crippen molar-refractivity contribution in [3.8, 4) is 0 Å². The Morgan fingerprint density at radius 3 is 1.33 bits per heavy atom. The Morgan fingerprint density at radius 2 is 1.00 bits per heavy atom. The van der Waals surface area contributed by atoms with Crippen LogP contribution < -0.4 is 0 Å². The highest BCUT2D eigenvalue weighted by molar-refractivity contribution is 5.86. The van der Waals surface area contributed by atoms with Crippen LogP contribution >= 0.6 is 0 Å². The Kier molecular flexibility index (Phi) is 17.9. The normalized spacial score (nSPS) is 10.8. The minimum Gasteiger partial charge on any atom is -0.462 e. The van der Waals surface area contributed by atoms with Gasteiger partial charge in [-0.15, -0.1) is 0 Å². The first-order chi connectivity index (χ1) is 11.7. The minimum atomic E-state index is -0.256. The molecule has 0 bridgehead atoms. The molecule has 0 amide bonds. The number of esters is 1. The predicted octanol–water partition coefficient (Wildman–Crippen LogP) is 7.18. The summed E-state index contributed by atoms with van der Waals surface area (Å²) in [5.41, 5.74) is 0.490. The fraction of sp³-hybridized carbons (Fsp3) is 0.818. The molecule has 0 aliphatic carbocycles. The van der Waals surface area contributed by atoms with E-state index in [1.54, 1.807) is 6.92 Å². The number of carbonyl (C=O) groups excluding carboxylic acids is 1. The largest absolute Gasteiger partial charge is 0.462 e. The lowest BCUT2D eigenvalue weighted by Gasteiger charge is -2.05. The SMILES string of the molecule is [CH2]CCCCCCCCCCCCCCCCCOC(=O)C(=C)C. The van der Waals surface area contributed by atoms with Gasteiger partial charge in [-0.05, 0) is 13.3 Å². The van der Waals surface area contributed by atoms with Gasteiger partial charge in [0, 0.05) is 5.57 Å². The first kappa shape index (κ1) is 23.2. The van der Waals surface area contributed by atoms with Crippen LogP contribution in [0.25, 0.3) is 0 Å². The highest BCUT2D eigenvalue weighted by Gasteiger charge is 2.01. The third-order valence-electron chi connectivity index (χ3n) is 4.48. The van der Waals surface area contributed by atoms with Gasteiger partial charge in [0.25, 0.3) is 0 Å². The first-order valence-corrected chi connectivity index (χ1v) is 10.3. The second kappa shape index (κ2) is 18.5. The molecule has 0 saturated heterocycles. The first-order valence-electron chi connectivity index (χ1n) is 10.3. The summed E-state index contributed by atoms with van der Waals surface area (Å²) >= 11 is 0. The summed E-state index contributed by atoms with van der Waals surface area (Å²) in [6, 6.07) is 0. The Bertz CT molecular complexity index is 296. The van der Waals surface area contributed by atoms with Crippen LogP contribution in [-0.2, 0) is 9.53 Å². The summed E-state index contributed by atoms with van der Waals surface area (Å²) in [7, 11) is 0. The predicted molar refractivity (Wildman–Crippen MR) is 105 cm³/mol. The maximum atomic E-state index is 11.2. The van der Waals surface area contributed by atoms with E-state index in [1.807, 2.05) is 0 Å². The summed E-state index contributed by atoms with van der Waals surface area (Å²) < 4.78 is 5.08. The van der Waals surface area contributed by atoms with Crippen molar-refractivity contribution in [1.29, 1.82) is 0 Å². The molecule has 0 heterocycles. The molecule has 0 rings (SSSR count). The van der Waals surface area contributed by atoms with Crippen molar-refractivity contribution in [1.82, 2.24) is 0 Å². The van der Waals surface area contributed by atoms with E-state index in [0.29, 0.717) is 12.2 Å². The molecule has 0 aliphatic heterocycles. The van der Waals surface area contributed by atoms with Gasteiger partial charge in [-0.1, -0.05) is 110 Å². The van der Waals surface area contributed by atoms with Crippen molar-refractivity contribution in [3.63, 3.8) is 0 Å². The molecule has 0 N–H and O–H groups in total. The highest BCUT2D eigenvalue weighted by atomic mass is 16.5. The van der Waals surface area contributed by atoms with Crippen LogP contribution in [-0.4, -0.2) is 12.6 Å². The quantitative estimate of drug-likeness (QED) is 0.150. The van der Waals surface area contributed by atoms with Crippen LogP contribution in [0.4, 0.5) is 0 Å². The molecule has 141 valence electrons. The zero-order valence-electron chi connectivity index (χ0n) is 16.3. The van der Waals surface area contributed by atoms with E-state index in [0.717, 1.165) is 19.3 Å². The Labute approximate surface area is 151 Å². The van der Waals surface area contributed by atoms with E-state index < -0.39 is 0 Å². The molecule has 2 heteroatoms. The number of ether oxygens (including phenoxy) is 1. The van der Waals surface area contributed by atoms with Crippen molar-refractivity contribution in [2.24, 2.45) is 0 Å². The van der Waals surface area contributed by atoms with Gasteiger partial charge < -0.3 is 4.74 Å². The molecule has 0 aromatic rings. The van der Waals surface area contributed by atoms with Crippen molar-refractivity contribution in [2.75, 3.05) is 6.61 Å². The molecule has 2 nitrogen and oxygen atoms in total. The standard InChI is InChI=1S/C22H41O2/c1-4-5-6-7-8-9-10-11-12-13-14-15-16-17-18-19-20-24-22(23)21(2)3/h1-2,4-20H2,3H3. The second-order valence-corrected chi connectivity index (χ2v) is 7.07. The van der Waals surface area contributed by atoms with Gasteiger partial charge in [-0.25, -0.2) is 4.79 Å². The molecule has 0 atom stereocenters. The molecule has 0 aromatic heterocycles. The van der Waals surface area contributed by atoms with E-state index in [2.05, 4.69) is 13.5 Å². The van der Waals surface area contributed by atoms with Crippen molar-refractivity contribution in [3.05, 3.63) is 19.1 Å². The summed E-state index contributed by atoms with van der Waals surface area (Å²) in [6.45, 7) is 9.69. The zero-order chi connectivity index (χ0) is 17.9. The second-order valence-electron chi connectivity index (χ2n) is 7.07. The monoisotopic (exact) mass is 337 g/mol. The Hall–Kier alpha value is -0.790. The van der Waals surface area contributed by atoms with E-state index in [-0.39, 0.29) is 5.97 Å². The molecule has 0 aliphatic rings. The van der Waals surface area contributed by atoms with E-state index >= 15 is 0 Å². The van der Waals surface area contributed by atoms with Gasteiger partial charge in [-0.2, -0.15) is 0 Å². The summed E-state index contributed by atoms with van der Waals surface area (Å²) in [4.78, 5) is 11.2. The van der Waals surface area contributed by atoms with Gasteiger partial charge in [0.05, 0.1) is 6.61 Å². The molecule has 0 aromatic carbocycles. The molecule has 24 heavy (non-hydrogen) atoms. The van der Waals surface area contributed by atoms with Crippen LogP contribution in [0.2, 0.25) is 0 Å². The Balaban J connectivity index is 3.05. The summed E-state index contributed by atoms with van der Waals surface area (Å²) in [5.74, 6) is -0.256. The molecule has 0 fully saturated rings. The number of rotatable bonds is 18. The topological polar surface area (TPSA) is 26.3 Å². The average Bonchev–Trinajstić information content (AvgIpc) is 2.57. The lowest BCUT2D eigenvalue weighted by Crippen LogP contribution is -2.05. The number of unbranched alkanes of at least 4 members (excludes halogenated alkanes) is 15. The Morgan fingerprint density at radius 1 is 0.667 bits per heavy atom. The molecular formula is C22H41O2. The number of hydrogen-bond acceptors (Lipinski definition) is 2. The van der Waals surface area contributed by atoms with Gasteiger partial charge in [0.15, 0.2) is 0 Å². The lowest BCUT2D eigenvalue weighted by molar-refractivity contribution is -0.139. The van der Waals surface area contributed by atoms with Crippen LogP contribution in [0.15, 0.2) is 12.2 Å². The highest BCUT2D eigenvalue weighted by Crippen LogP contribution is 2.13. The molecular weight excluding hydrogens is 296 g/mol. The number of carbonyl (C=O) groups is 1. The molecule has 1 radical (unpaired) electrons. The molecule has 0 saturated carbocycles.